The smallest absolute Gasteiger partial charge is 0.142 e. The van der Waals surface area contributed by atoms with Crippen LogP contribution in [0.15, 0.2) is 48.5 Å². The number of aliphatic hydroxyl groups excluding tert-OH is 1. The van der Waals surface area contributed by atoms with Crippen molar-refractivity contribution in [3.05, 3.63) is 59.7 Å². The van der Waals surface area contributed by atoms with Crippen LogP contribution in [-0.2, 0) is 0 Å². The number of methoxy groups -OCH3 is 1. The second-order valence-corrected chi connectivity index (χ2v) is 4.76. The van der Waals surface area contributed by atoms with Crippen molar-refractivity contribution in [2.75, 3.05) is 19.0 Å². The van der Waals surface area contributed by atoms with Crippen molar-refractivity contribution < 1.29 is 9.84 Å². The molecule has 0 aromatic heterocycles. The van der Waals surface area contributed by atoms with Gasteiger partial charge in [-0.05, 0) is 17.2 Å². The van der Waals surface area contributed by atoms with Gasteiger partial charge in [0.25, 0.3) is 0 Å². The molecule has 0 saturated carbocycles. The fourth-order valence-corrected chi connectivity index (χ4v) is 2.76. The number of anilines is 1. The molecule has 0 bridgehead atoms. The fraction of sp³-hybridized carbons (Fsp3) is 0.250. The van der Waals surface area contributed by atoms with Gasteiger partial charge in [0.1, 0.15) is 5.75 Å². The molecule has 3 nitrogen and oxygen atoms in total. The highest BCUT2D eigenvalue weighted by Crippen LogP contribution is 2.41. The number of para-hydroxylation sites is 1. The van der Waals surface area contributed by atoms with Gasteiger partial charge in [0, 0.05) is 12.5 Å². The van der Waals surface area contributed by atoms with Crippen LogP contribution in [0.1, 0.15) is 17.0 Å². The van der Waals surface area contributed by atoms with Crippen LogP contribution in [0, 0.1) is 0 Å². The average Bonchev–Trinajstić information content (AvgIpc) is 2.47. The molecule has 2 atom stereocenters. The Morgan fingerprint density at radius 2 is 1.89 bits per heavy atom. The zero-order valence-electron chi connectivity index (χ0n) is 10.8. The molecular weight excluding hydrogens is 238 g/mol. The summed E-state index contributed by atoms with van der Waals surface area (Å²) in [7, 11) is 1.67. The van der Waals surface area contributed by atoms with E-state index in [1.165, 1.54) is 0 Å². The fourth-order valence-electron chi connectivity index (χ4n) is 2.76. The molecule has 2 N–H and O–H groups in total. The van der Waals surface area contributed by atoms with Gasteiger partial charge in [-0.3, -0.25) is 0 Å². The highest BCUT2D eigenvalue weighted by Gasteiger charge is 2.30. The van der Waals surface area contributed by atoms with Gasteiger partial charge in [-0.15, -0.1) is 0 Å². The highest BCUT2D eigenvalue weighted by atomic mass is 16.5. The molecule has 1 aliphatic heterocycles. The molecule has 98 valence electrons. The molecule has 2 aromatic rings. The zero-order chi connectivity index (χ0) is 13.2. The lowest BCUT2D eigenvalue weighted by Crippen LogP contribution is -2.33. The quantitative estimate of drug-likeness (QED) is 0.866. The summed E-state index contributed by atoms with van der Waals surface area (Å²) in [5, 5.41) is 13.6. The number of benzene rings is 2. The lowest BCUT2D eigenvalue weighted by atomic mass is 9.83. The lowest BCUT2D eigenvalue weighted by Gasteiger charge is -2.32. The van der Waals surface area contributed by atoms with Crippen LogP contribution in [0.3, 0.4) is 0 Å². The van der Waals surface area contributed by atoms with Gasteiger partial charge in [0.2, 0.25) is 0 Å². The maximum Gasteiger partial charge on any atom is 0.142 e. The second kappa shape index (κ2) is 4.94. The minimum absolute atomic E-state index is 0.00690. The Bertz CT molecular complexity index is 568. The van der Waals surface area contributed by atoms with Crippen molar-refractivity contribution in [3.63, 3.8) is 0 Å². The first-order valence-corrected chi connectivity index (χ1v) is 6.45. The molecule has 0 radical (unpaired) electrons. The third-order valence-corrected chi connectivity index (χ3v) is 3.64. The molecule has 3 heteroatoms. The van der Waals surface area contributed by atoms with Gasteiger partial charge in [-0.2, -0.15) is 0 Å². The average molecular weight is 255 g/mol. The Labute approximate surface area is 112 Å². The normalized spacial score (nSPS) is 21.4. The first-order valence-electron chi connectivity index (χ1n) is 6.45. The van der Waals surface area contributed by atoms with E-state index in [2.05, 4.69) is 17.4 Å². The van der Waals surface area contributed by atoms with Crippen LogP contribution in [0.5, 0.6) is 5.75 Å². The summed E-state index contributed by atoms with van der Waals surface area (Å²) in [5.74, 6) is 0.817. The van der Waals surface area contributed by atoms with Crippen molar-refractivity contribution in [2.45, 2.75) is 12.0 Å². The topological polar surface area (TPSA) is 41.5 Å². The van der Waals surface area contributed by atoms with Gasteiger partial charge in [-0.25, -0.2) is 0 Å². The Balaban J connectivity index is 2.12. The Morgan fingerprint density at radius 1 is 1.11 bits per heavy atom. The maximum absolute atomic E-state index is 10.3. The summed E-state index contributed by atoms with van der Waals surface area (Å²) >= 11 is 0. The molecule has 0 fully saturated rings. The van der Waals surface area contributed by atoms with Gasteiger partial charge < -0.3 is 15.2 Å². The maximum atomic E-state index is 10.3. The summed E-state index contributed by atoms with van der Waals surface area (Å²) in [6.07, 6.45) is -0.429. The second-order valence-electron chi connectivity index (χ2n) is 4.76. The molecule has 1 heterocycles. The monoisotopic (exact) mass is 255 g/mol. The van der Waals surface area contributed by atoms with Crippen molar-refractivity contribution in [3.8, 4) is 5.75 Å². The van der Waals surface area contributed by atoms with Crippen LogP contribution < -0.4 is 10.1 Å². The summed E-state index contributed by atoms with van der Waals surface area (Å²) in [4.78, 5) is 0. The number of hydrogen-bond acceptors (Lipinski definition) is 3. The van der Waals surface area contributed by atoms with E-state index in [9.17, 15) is 5.11 Å². The van der Waals surface area contributed by atoms with Crippen LogP contribution in [0.2, 0.25) is 0 Å². The highest BCUT2D eigenvalue weighted by molar-refractivity contribution is 5.66. The van der Waals surface area contributed by atoms with E-state index >= 15 is 0 Å². The molecule has 19 heavy (non-hydrogen) atoms. The number of ether oxygens (including phenoxy) is 1. The van der Waals surface area contributed by atoms with E-state index in [-0.39, 0.29) is 5.92 Å². The van der Waals surface area contributed by atoms with Crippen molar-refractivity contribution >= 4 is 5.69 Å². The van der Waals surface area contributed by atoms with Gasteiger partial charge in [0.05, 0.1) is 18.9 Å². The third-order valence-electron chi connectivity index (χ3n) is 3.64. The number of hydrogen-bond donors (Lipinski definition) is 2. The minimum Gasteiger partial charge on any atom is -0.495 e. The first kappa shape index (κ1) is 12.1. The molecule has 3 rings (SSSR count). The number of rotatable bonds is 2. The molecule has 2 aromatic carbocycles. The van der Waals surface area contributed by atoms with Crippen LogP contribution >= 0.6 is 0 Å². The molecule has 0 unspecified atom stereocenters. The summed E-state index contributed by atoms with van der Waals surface area (Å²) in [5.41, 5.74) is 3.21. The van der Waals surface area contributed by atoms with E-state index in [0.29, 0.717) is 6.54 Å². The minimum atomic E-state index is -0.429. The molecule has 0 saturated heterocycles. The molecule has 0 aliphatic carbocycles. The van der Waals surface area contributed by atoms with Crippen LogP contribution in [0.25, 0.3) is 0 Å². The van der Waals surface area contributed by atoms with E-state index in [1.54, 1.807) is 7.11 Å². The molecular formula is C16H17NO2. The summed E-state index contributed by atoms with van der Waals surface area (Å²) in [6, 6.07) is 16.1. The largest absolute Gasteiger partial charge is 0.495 e. The standard InChI is InChI=1S/C16H17NO2/c1-19-14-9-5-8-12-15(11-6-3-2-4-7-11)13(18)10-17-16(12)14/h2-9,13,15,17-18H,10H2,1H3/t13-,15-/m1/s1. The number of fused-ring (bicyclic) bond motifs is 1. The summed E-state index contributed by atoms with van der Waals surface area (Å²) in [6.45, 7) is 0.535. The van der Waals surface area contributed by atoms with Gasteiger partial charge in [-0.1, -0.05) is 42.5 Å². The number of β-amino-alcohol motifs (C(OH)–C–C–N with tert-alkyl or cyclic N) is 1. The van der Waals surface area contributed by atoms with E-state index in [4.69, 9.17) is 4.74 Å². The van der Waals surface area contributed by atoms with Gasteiger partial charge >= 0.3 is 0 Å². The Kier molecular flexibility index (Phi) is 3.13. The molecule has 0 amide bonds. The van der Waals surface area contributed by atoms with E-state index in [0.717, 1.165) is 22.6 Å². The Hall–Kier alpha value is -2.00. The van der Waals surface area contributed by atoms with E-state index < -0.39 is 6.10 Å². The van der Waals surface area contributed by atoms with Crippen molar-refractivity contribution in [1.82, 2.24) is 0 Å². The predicted octanol–water partition coefficient (Wildman–Crippen LogP) is 2.61. The zero-order valence-corrected chi connectivity index (χ0v) is 10.8. The number of nitrogens with one attached hydrogen (secondary N) is 1. The third kappa shape index (κ3) is 2.06. The first-order chi connectivity index (χ1) is 9.31. The van der Waals surface area contributed by atoms with Crippen LogP contribution in [-0.4, -0.2) is 24.9 Å². The molecule has 0 spiro atoms. The summed E-state index contributed by atoms with van der Waals surface area (Å²) < 4.78 is 5.39. The van der Waals surface area contributed by atoms with E-state index in [1.807, 2.05) is 36.4 Å². The Morgan fingerprint density at radius 3 is 2.63 bits per heavy atom. The van der Waals surface area contributed by atoms with Crippen molar-refractivity contribution in [1.29, 1.82) is 0 Å². The van der Waals surface area contributed by atoms with Crippen molar-refractivity contribution in [2.24, 2.45) is 0 Å². The lowest BCUT2D eigenvalue weighted by molar-refractivity contribution is 0.165. The SMILES string of the molecule is COc1cccc2c1NC[C@@H](O)[C@@H]2c1ccccc1. The predicted molar refractivity (Wildman–Crippen MR) is 75.8 cm³/mol. The van der Waals surface area contributed by atoms with Crippen LogP contribution in [0.4, 0.5) is 5.69 Å². The molecule has 1 aliphatic rings. The van der Waals surface area contributed by atoms with Gasteiger partial charge in [0.15, 0.2) is 0 Å². The number of aliphatic hydroxyl groups is 1.